The second-order valence-electron chi connectivity index (χ2n) is 3.17. The summed E-state index contributed by atoms with van der Waals surface area (Å²) in [7, 11) is 0. The Morgan fingerprint density at radius 3 is 2.58 bits per heavy atom. The van der Waals surface area contributed by atoms with Gasteiger partial charge in [0.05, 0.1) is 12.8 Å². The Bertz CT molecular complexity index is 479. The molecule has 0 aliphatic rings. The Balaban J connectivity index is 3.19. The summed E-state index contributed by atoms with van der Waals surface area (Å²) in [5.41, 5.74) is -0.758. The lowest BCUT2D eigenvalue weighted by molar-refractivity contribution is -0.275. The highest BCUT2D eigenvalue weighted by molar-refractivity contribution is 9.08. The Labute approximate surface area is 113 Å². The summed E-state index contributed by atoms with van der Waals surface area (Å²) in [5, 5.41) is -0.213. The normalized spacial score (nSPS) is 11.3. The third-order valence-corrected chi connectivity index (χ3v) is 2.47. The zero-order valence-electron chi connectivity index (χ0n) is 9.55. The van der Waals surface area contributed by atoms with Crippen molar-refractivity contribution in [1.29, 1.82) is 0 Å². The monoisotopic (exact) mass is 345 g/mol. The minimum atomic E-state index is -5.04. The first kappa shape index (κ1) is 15.7. The molecule has 19 heavy (non-hydrogen) atoms. The number of ether oxygens (including phenoxy) is 2. The van der Waals surface area contributed by atoms with Gasteiger partial charge in [-0.15, -0.1) is 13.2 Å². The number of carbonyl (C=O) groups excluding carboxylic acids is 1. The number of nitrogens with zero attached hydrogens (tertiary/aromatic N) is 1. The Hall–Kier alpha value is -1.38. The van der Waals surface area contributed by atoms with Crippen molar-refractivity contribution >= 4 is 21.9 Å². The molecule has 0 unspecified atom stereocenters. The molecule has 0 N–H and O–H groups in total. The van der Waals surface area contributed by atoms with E-state index in [1.165, 1.54) is 6.92 Å². The van der Waals surface area contributed by atoms with E-state index in [0.29, 0.717) is 6.20 Å². The van der Waals surface area contributed by atoms with Crippen LogP contribution < -0.4 is 4.74 Å². The number of rotatable bonds is 4. The number of esters is 1. The average molecular weight is 346 g/mol. The maximum Gasteiger partial charge on any atom is 0.573 e. The Morgan fingerprint density at radius 1 is 1.47 bits per heavy atom. The van der Waals surface area contributed by atoms with Gasteiger partial charge in [-0.1, -0.05) is 15.9 Å². The van der Waals surface area contributed by atoms with Crippen molar-refractivity contribution < 1.29 is 31.8 Å². The van der Waals surface area contributed by atoms with Gasteiger partial charge < -0.3 is 9.47 Å². The van der Waals surface area contributed by atoms with Crippen LogP contribution in [0.15, 0.2) is 6.20 Å². The predicted octanol–water partition coefficient (Wildman–Crippen LogP) is 3.19. The molecule has 1 rings (SSSR count). The molecule has 0 bridgehead atoms. The Morgan fingerprint density at radius 2 is 2.11 bits per heavy atom. The van der Waals surface area contributed by atoms with Crippen molar-refractivity contribution in [3.8, 4) is 5.75 Å². The molecule has 9 heteroatoms. The van der Waals surface area contributed by atoms with Crippen LogP contribution in [-0.2, 0) is 10.1 Å². The van der Waals surface area contributed by atoms with Gasteiger partial charge in [0.1, 0.15) is 0 Å². The lowest BCUT2D eigenvalue weighted by atomic mass is 10.2. The van der Waals surface area contributed by atoms with Crippen LogP contribution in [0, 0.1) is 5.82 Å². The molecule has 0 aliphatic carbocycles. The summed E-state index contributed by atoms with van der Waals surface area (Å²) >= 11 is 2.87. The van der Waals surface area contributed by atoms with Gasteiger partial charge >= 0.3 is 12.3 Å². The minimum Gasteiger partial charge on any atom is -0.461 e. The quantitative estimate of drug-likeness (QED) is 0.477. The first-order chi connectivity index (χ1) is 8.80. The highest BCUT2D eigenvalue weighted by Gasteiger charge is 2.34. The molecular formula is C10H8BrF4NO3. The van der Waals surface area contributed by atoms with E-state index in [0.717, 1.165) is 0 Å². The van der Waals surface area contributed by atoms with Crippen LogP contribution in [0.3, 0.4) is 0 Å². The van der Waals surface area contributed by atoms with E-state index in [1.807, 2.05) is 0 Å². The summed E-state index contributed by atoms with van der Waals surface area (Å²) in [6.45, 7) is 1.56. The van der Waals surface area contributed by atoms with Gasteiger partial charge in [-0.25, -0.2) is 14.2 Å². The second-order valence-corrected chi connectivity index (χ2v) is 3.73. The van der Waals surface area contributed by atoms with Crippen molar-refractivity contribution in [3.63, 3.8) is 0 Å². The van der Waals surface area contributed by atoms with Crippen LogP contribution in [-0.4, -0.2) is 23.9 Å². The molecule has 0 fully saturated rings. The second kappa shape index (κ2) is 6.18. The largest absolute Gasteiger partial charge is 0.573 e. The summed E-state index contributed by atoms with van der Waals surface area (Å²) in [5.74, 6) is -3.34. The van der Waals surface area contributed by atoms with Crippen molar-refractivity contribution in [2.24, 2.45) is 0 Å². The molecule has 1 aromatic heterocycles. The van der Waals surface area contributed by atoms with Crippen molar-refractivity contribution in [2.45, 2.75) is 18.6 Å². The van der Waals surface area contributed by atoms with Crippen molar-refractivity contribution in [1.82, 2.24) is 4.98 Å². The molecule has 0 saturated heterocycles. The van der Waals surface area contributed by atoms with Gasteiger partial charge in [-0.3, -0.25) is 0 Å². The Kier molecular flexibility index (Phi) is 5.10. The van der Waals surface area contributed by atoms with E-state index in [9.17, 15) is 22.4 Å². The van der Waals surface area contributed by atoms with Crippen LogP contribution >= 0.6 is 15.9 Å². The van der Waals surface area contributed by atoms with Gasteiger partial charge in [0.25, 0.3) is 0 Å². The van der Waals surface area contributed by atoms with E-state index in [4.69, 9.17) is 0 Å². The molecule has 1 aromatic rings. The van der Waals surface area contributed by atoms with Crippen LogP contribution in [0.4, 0.5) is 17.6 Å². The fourth-order valence-electron chi connectivity index (χ4n) is 1.20. The molecule has 0 radical (unpaired) electrons. The third kappa shape index (κ3) is 4.05. The molecule has 4 nitrogen and oxygen atoms in total. The number of halogens is 5. The number of aromatic nitrogens is 1. The third-order valence-electron chi connectivity index (χ3n) is 1.91. The lowest BCUT2D eigenvalue weighted by Crippen LogP contribution is -2.20. The molecule has 1 heterocycles. The molecule has 106 valence electrons. The maximum absolute atomic E-state index is 13.8. The summed E-state index contributed by atoms with van der Waals surface area (Å²) in [4.78, 5) is 14.9. The SMILES string of the molecule is CCOC(=O)c1ncc(OC(F)(F)F)c(F)c1CBr. The van der Waals surface area contributed by atoms with E-state index in [2.05, 4.69) is 30.4 Å². The number of carbonyl (C=O) groups is 1. The zero-order valence-corrected chi connectivity index (χ0v) is 11.1. The molecule has 0 aliphatic heterocycles. The van der Waals surface area contributed by atoms with E-state index in [1.54, 1.807) is 0 Å². The lowest BCUT2D eigenvalue weighted by Gasteiger charge is -2.12. The van der Waals surface area contributed by atoms with Gasteiger partial charge in [0.2, 0.25) is 0 Å². The molecule has 0 spiro atoms. The average Bonchev–Trinajstić information content (AvgIpc) is 2.30. The molecule has 0 saturated carbocycles. The van der Waals surface area contributed by atoms with E-state index >= 15 is 0 Å². The van der Waals surface area contributed by atoms with Crippen LogP contribution in [0.1, 0.15) is 23.0 Å². The highest BCUT2D eigenvalue weighted by Crippen LogP contribution is 2.29. The predicted molar refractivity (Wildman–Crippen MR) is 59.5 cm³/mol. The fraction of sp³-hybridized carbons (Fsp3) is 0.400. The van der Waals surface area contributed by atoms with Crippen LogP contribution in [0.5, 0.6) is 5.75 Å². The number of alkyl halides is 4. The van der Waals surface area contributed by atoms with E-state index < -0.39 is 29.6 Å². The van der Waals surface area contributed by atoms with Crippen LogP contribution in [0.25, 0.3) is 0 Å². The number of hydrogen-bond acceptors (Lipinski definition) is 4. The zero-order chi connectivity index (χ0) is 14.6. The smallest absolute Gasteiger partial charge is 0.461 e. The van der Waals surface area contributed by atoms with Crippen LogP contribution in [0.2, 0.25) is 0 Å². The topological polar surface area (TPSA) is 48.4 Å². The van der Waals surface area contributed by atoms with Crippen molar-refractivity contribution in [3.05, 3.63) is 23.3 Å². The van der Waals surface area contributed by atoms with Gasteiger partial charge in [-0.2, -0.15) is 0 Å². The molecule has 0 amide bonds. The maximum atomic E-state index is 13.8. The number of hydrogen-bond donors (Lipinski definition) is 0. The molecule has 0 aromatic carbocycles. The van der Waals surface area contributed by atoms with Gasteiger partial charge in [0, 0.05) is 10.9 Å². The summed E-state index contributed by atoms with van der Waals surface area (Å²) in [6, 6.07) is 0. The standard InChI is InChI=1S/C10H8BrF4NO3/c1-2-18-9(17)8-5(3-11)7(12)6(4-16-8)19-10(13,14)15/h4H,2-3H2,1H3. The summed E-state index contributed by atoms with van der Waals surface area (Å²) < 4.78 is 57.9. The van der Waals surface area contributed by atoms with Gasteiger partial charge in [-0.05, 0) is 6.92 Å². The fourth-order valence-corrected chi connectivity index (χ4v) is 1.72. The number of pyridine rings is 1. The van der Waals surface area contributed by atoms with E-state index in [-0.39, 0.29) is 17.5 Å². The van der Waals surface area contributed by atoms with Gasteiger partial charge in [0.15, 0.2) is 17.3 Å². The first-order valence-electron chi connectivity index (χ1n) is 4.96. The molecule has 0 atom stereocenters. The van der Waals surface area contributed by atoms with Crippen molar-refractivity contribution in [2.75, 3.05) is 6.61 Å². The summed E-state index contributed by atoms with van der Waals surface area (Å²) in [6.07, 6.45) is -4.56. The molecular weight excluding hydrogens is 338 g/mol. The minimum absolute atomic E-state index is 0.0324. The first-order valence-corrected chi connectivity index (χ1v) is 6.08. The highest BCUT2D eigenvalue weighted by atomic mass is 79.9.